The molecule has 3 rings (SSSR count). The molecule has 3 aromatic carbocycles. The van der Waals surface area contributed by atoms with Crippen LogP contribution in [0.1, 0.15) is 12.8 Å². The molecule has 0 aromatic heterocycles. The fraction of sp³-hybridized carbons (Fsp3) is 0.308. The van der Waals surface area contributed by atoms with Gasteiger partial charge in [-0.05, 0) is 62.3 Å². The molecule has 3 N–H and O–H groups in total. The summed E-state index contributed by atoms with van der Waals surface area (Å²) in [6.45, 7) is 4.52. The fourth-order valence-corrected chi connectivity index (χ4v) is 3.85. The molecule has 0 radical (unpaired) electrons. The van der Waals surface area contributed by atoms with E-state index < -0.39 is 14.8 Å². The summed E-state index contributed by atoms with van der Waals surface area (Å²) < 4.78 is 0. The molecule has 0 fully saturated rings. The first kappa shape index (κ1) is 28.9. The SMILES string of the molecule is O=[N+]([O-])c1ccc(NCCCNCCNCCCN(c2ccc([N+](=O)[O-])cc2)c2ccc([N+](=O)[O-])cc2)cc1. The summed E-state index contributed by atoms with van der Waals surface area (Å²) in [4.78, 5) is 33.4. The smallest absolute Gasteiger partial charge is 0.269 e. The Morgan fingerprint density at radius 3 is 1.38 bits per heavy atom. The zero-order valence-electron chi connectivity index (χ0n) is 21.3. The van der Waals surface area contributed by atoms with Gasteiger partial charge in [0.1, 0.15) is 0 Å². The summed E-state index contributed by atoms with van der Waals surface area (Å²) in [5, 5.41) is 42.7. The molecule has 0 heterocycles. The Morgan fingerprint density at radius 1 is 0.538 bits per heavy atom. The van der Waals surface area contributed by atoms with E-state index in [1.165, 1.54) is 36.4 Å². The second-order valence-electron chi connectivity index (χ2n) is 8.64. The third-order valence-electron chi connectivity index (χ3n) is 5.90. The van der Waals surface area contributed by atoms with Crippen molar-refractivity contribution in [2.75, 3.05) is 49.5 Å². The first-order valence-corrected chi connectivity index (χ1v) is 12.5. The molecule has 0 aliphatic rings. The van der Waals surface area contributed by atoms with Crippen LogP contribution in [0.2, 0.25) is 0 Å². The number of benzene rings is 3. The zero-order valence-corrected chi connectivity index (χ0v) is 21.3. The normalized spacial score (nSPS) is 10.7. The number of nitro groups is 3. The first-order valence-electron chi connectivity index (χ1n) is 12.5. The maximum atomic E-state index is 11.0. The molecule has 0 spiro atoms. The van der Waals surface area contributed by atoms with Gasteiger partial charge < -0.3 is 20.9 Å². The number of nitrogens with zero attached hydrogens (tertiary/aromatic N) is 4. The lowest BCUT2D eigenvalue weighted by molar-refractivity contribution is -0.385. The molecular formula is C26H31N7O6. The van der Waals surface area contributed by atoms with Crippen LogP contribution in [0.4, 0.5) is 34.1 Å². The van der Waals surface area contributed by atoms with E-state index in [2.05, 4.69) is 16.0 Å². The predicted octanol–water partition coefficient (Wildman–Crippen LogP) is 4.62. The third-order valence-corrected chi connectivity index (χ3v) is 5.90. The highest BCUT2D eigenvalue weighted by atomic mass is 16.6. The van der Waals surface area contributed by atoms with Gasteiger partial charge in [-0.2, -0.15) is 0 Å². The van der Waals surface area contributed by atoms with E-state index in [1.807, 2.05) is 4.90 Å². The van der Waals surface area contributed by atoms with E-state index in [4.69, 9.17) is 0 Å². The van der Waals surface area contributed by atoms with Crippen LogP contribution in [0.25, 0.3) is 0 Å². The third kappa shape index (κ3) is 9.32. The van der Waals surface area contributed by atoms with Crippen LogP contribution >= 0.6 is 0 Å². The van der Waals surface area contributed by atoms with E-state index in [0.717, 1.165) is 62.6 Å². The summed E-state index contributed by atoms with van der Waals surface area (Å²) in [7, 11) is 0. The molecule has 0 saturated heterocycles. The monoisotopic (exact) mass is 537 g/mol. The Balaban J connectivity index is 1.36. The minimum absolute atomic E-state index is 0.00121. The lowest BCUT2D eigenvalue weighted by atomic mass is 10.2. The van der Waals surface area contributed by atoms with Crippen LogP contribution in [-0.2, 0) is 0 Å². The van der Waals surface area contributed by atoms with E-state index in [0.29, 0.717) is 6.54 Å². The number of anilines is 3. The van der Waals surface area contributed by atoms with Crippen molar-refractivity contribution in [3.8, 4) is 0 Å². The summed E-state index contributed by atoms with van der Waals surface area (Å²) in [5.74, 6) is 0. The highest BCUT2D eigenvalue weighted by molar-refractivity contribution is 5.65. The van der Waals surface area contributed by atoms with Crippen molar-refractivity contribution in [2.24, 2.45) is 0 Å². The Morgan fingerprint density at radius 2 is 0.949 bits per heavy atom. The van der Waals surface area contributed by atoms with Crippen molar-refractivity contribution >= 4 is 34.1 Å². The van der Waals surface area contributed by atoms with E-state index in [-0.39, 0.29) is 17.1 Å². The van der Waals surface area contributed by atoms with Gasteiger partial charge in [0.05, 0.1) is 14.8 Å². The molecule has 0 aliphatic carbocycles. The zero-order chi connectivity index (χ0) is 28.0. The van der Waals surface area contributed by atoms with Gasteiger partial charge in [0.25, 0.3) is 17.1 Å². The number of rotatable bonds is 17. The molecule has 0 unspecified atom stereocenters. The molecule has 206 valence electrons. The van der Waals surface area contributed by atoms with Crippen LogP contribution < -0.4 is 20.9 Å². The second kappa shape index (κ2) is 15.0. The van der Waals surface area contributed by atoms with Crippen molar-refractivity contribution < 1.29 is 14.8 Å². The highest BCUT2D eigenvalue weighted by Crippen LogP contribution is 2.29. The van der Waals surface area contributed by atoms with Gasteiger partial charge in [-0.25, -0.2) is 0 Å². The van der Waals surface area contributed by atoms with Gasteiger partial charge >= 0.3 is 0 Å². The van der Waals surface area contributed by atoms with Gasteiger partial charge in [-0.1, -0.05) is 0 Å². The molecule has 0 amide bonds. The van der Waals surface area contributed by atoms with Crippen LogP contribution in [0.5, 0.6) is 0 Å². The average Bonchev–Trinajstić information content (AvgIpc) is 2.94. The van der Waals surface area contributed by atoms with Crippen molar-refractivity contribution in [3.05, 3.63) is 103 Å². The van der Waals surface area contributed by atoms with E-state index in [1.54, 1.807) is 36.4 Å². The van der Waals surface area contributed by atoms with E-state index in [9.17, 15) is 30.3 Å². The number of non-ortho nitro benzene ring substituents is 3. The van der Waals surface area contributed by atoms with Gasteiger partial charge in [0.2, 0.25) is 0 Å². The van der Waals surface area contributed by atoms with Crippen LogP contribution in [0, 0.1) is 30.3 Å². The topological polar surface area (TPSA) is 169 Å². The maximum Gasteiger partial charge on any atom is 0.269 e. The van der Waals surface area contributed by atoms with Crippen molar-refractivity contribution in [1.29, 1.82) is 0 Å². The van der Waals surface area contributed by atoms with Crippen molar-refractivity contribution in [3.63, 3.8) is 0 Å². The molecule has 13 nitrogen and oxygen atoms in total. The molecule has 39 heavy (non-hydrogen) atoms. The molecule has 0 saturated carbocycles. The van der Waals surface area contributed by atoms with Gasteiger partial charge in [-0.3, -0.25) is 30.3 Å². The van der Waals surface area contributed by atoms with Gasteiger partial charge in [-0.15, -0.1) is 0 Å². The van der Waals surface area contributed by atoms with Gasteiger partial charge in [0.15, 0.2) is 0 Å². The van der Waals surface area contributed by atoms with Crippen LogP contribution in [0.3, 0.4) is 0 Å². The number of nitrogens with one attached hydrogen (secondary N) is 3. The quantitative estimate of drug-likeness (QED) is 0.125. The Labute approximate surface area is 225 Å². The Bertz CT molecular complexity index is 1160. The molecule has 3 aromatic rings. The summed E-state index contributed by atoms with van der Waals surface area (Å²) in [5.41, 5.74) is 2.44. The molecule has 13 heteroatoms. The molecule has 0 aliphatic heterocycles. The molecular weight excluding hydrogens is 506 g/mol. The summed E-state index contributed by atoms with van der Waals surface area (Å²) in [6, 6.07) is 18.8. The standard InChI is InChI=1S/C26H31N7O6/c34-31(35)24-5-3-21(4-6-24)29-17-1-15-27-18-19-28-16-2-20-30(22-7-11-25(12-8-22)32(36)37)23-9-13-26(14-10-23)33(38)39/h3-14,27-29H,1-2,15-20H2. The average molecular weight is 538 g/mol. The lowest BCUT2D eigenvalue weighted by Gasteiger charge is -2.25. The second-order valence-corrected chi connectivity index (χ2v) is 8.64. The molecule has 0 atom stereocenters. The van der Waals surface area contributed by atoms with Gasteiger partial charge in [0, 0.05) is 79.6 Å². The Hall–Kier alpha value is -4.62. The number of hydrogen-bond donors (Lipinski definition) is 3. The van der Waals surface area contributed by atoms with Crippen LogP contribution in [0.15, 0.2) is 72.8 Å². The largest absolute Gasteiger partial charge is 0.385 e. The summed E-state index contributed by atoms with van der Waals surface area (Å²) >= 11 is 0. The predicted molar refractivity (Wildman–Crippen MR) is 150 cm³/mol. The van der Waals surface area contributed by atoms with E-state index >= 15 is 0 Å². The maximum absolute atomic E-state index is 11.0. The molecule has 0 bridgehead atoms. The highest BCUT2D eigenvalue weighted by Gasteiger charge is 2.13. The number of hydrogen-bond acceptors (Lipinski definition) is 10. The lowest BCUT2D eigenvalue weighted by Crippen LogP contribution is -2.30. The fourth-order valence-electron chi connectivity index (χ4n) is 3.85. The first-order chi connectivity index (χ1) is 18.8. The number of nitro benzene ring substituents is 3. The Kier molecular flexibility index (Phi) is 11.1. The van der Waals surface area contributed by atoms with Crippen molar-refractivity contribution in [2.45, 2.75) is 12.8 Å². The minimum atomic E-state index is -0.451. The van der Waals surface area contributed by atoms with Crippen LogP contribution in [-0.4, -0.2) is 54.0 Å². The van der Waals surface area contributed by atoms with Crippen molar-refractivity contribution in [1.82, 2.24) is 10.6 Å². The summed E-state index contributed by atoms with van der Waals surface area (Å²) in [6.07, 6.45) is 1.68. The minimum Gasteiger partial charge on any atom is -0.385 e.